The van der Waals surface area contributed by atoms with Gasteiger partial charge in [0, 0.05) is 4.88 Å². The molecule has 3 heteroatoms. The van der Waals surface area contributed by atoms with Gasteiger partial charge >= 0.3 is 0 Å². The molecule has 0 aliphatic heterocycles. The van der Waals surface area contributed by atoms with Gasteiger partial charge in [-0.2, -0.15) is 0 Å². The van der Waals surface area contributed by atoms with E-state index < -0.39 is 0 Å². The molecule has 0 aromatic carbocycles. The largest absolute Gasteiger partial charge is 0.320 e. The molecule has 0 unspecified atom stereocenters. The van der Waals surface area contributed by atoms with Crippen LogP contribution in [-0.4, -0.2) is 6.41 Å². The van der Waals surface area contributed by atoms with E-state index in [0.717, 1.165) is 5.00 Å². The van der Waals surface area contributed by atoms with Crippen LogP contribution in [0, 0.1) is 13.8 Å². The van der Waals surface area contributed by atoms with E-state index in [1.165, 1.54) is 10.4 Å². The van der Waals surface area contributed by atoms with Crippen LogP contribution in [0.4, 0.5) is 5.00 Å². The molecule has 54 valence electrons. The summed E-state index contributed by atoms with van der Waals surface area (Å²) < 4.78 is 0. The van der Waals surface area contributed by atoms with Crippen LogP contribution >= 0.6 is 11.3 Å². The topological polar surface area (TPSA) is 29.1 Å². The first kappa shape index (κ1) is 7.28. The van der Waals surface area contributed by atoms with E-state index in [9.17, 15) is 4.79 Å². The second-order valence-electron chi connectivity index (χ2n) is 2.11. The average Bonchev–Trinajstić information content (AvgIpc) is 2.14. The van der Waals surface area contributed by atoms with E-state index in [1.807, 2.05) is 19.9 Å². The normalized spacial score (nSPS) is 9.40. The molecule has 0 spiro atoms. The Hall–Kier alpha value is -0.830. The van der Waals surface area contributed by atoms with Crippen molar-refractivity contribution < 1.29 is 4.79 Å². The first-order valence-corrected chi connectivity index (χ1v) is 3.83. The third-order valence-electron chi connectivity index (χ3n) is 1.37. The highest BCUT2D eigenvalue weighted by Crippen LogP contribution is 2.24. The Balaban J connectivity index is 2.86. The van der Waals surface area contributed by atoms with Gasteiger partial charge in [0.15, 0.2) is 0 Å². The van der Waals surface area contributed by atoms with Gasteiger partial charge in [0.05, 0.1) is 5.00 Å². The molecule has 10 heavy (non-hydrogen) atoms. The molecule has 1 heterocycles. The highest BCUT2D eigenvalue weighted by molar-refractivity contribution is 7.16. The summed E-state index contributed by atoms with van der Waals surface area (Å²) in [5.74, 6) is 0. The SMILES string of the molecule is Cc1cc(NC=O)sc1C. The van der Waals surface area contributed by atoms with Crippen molar-refractivity contribution in [2.75, 3.05) is 5.32 Å². The first-order chi connectivity index (χ1) is 4.74. The molecule has 0 aliphatic carbocycles. The molecule has 1 N–H and O–H groups in total. The molecule has 0 saturated heterocycles. The Morgan fingerprint density at radius 2 is 2.30 bits per heavy atom. The van der Waals surface area contributed by atoms with Crippen molar-refractivity contribution >= 4 is 22.7 Å². The summed E-state index contributed by atoms with van der Waals surface area (Å²) in [6.45, 7) is 4.07. The van der Waals surface area contributed by atoms with Crippen LogP contribution in [0.1, 0.15) is 10.4 Å². The Morgan fingerprint density at radius 1 is 1.60 bits per heavy atom. The van der Waals surface area contributed by atoms with Crippen molar-refractivity contribution in [3.63, 3.8) is 0 Å². The van der Waals surface area contributed by atoms with Gasteiger partial charge in [-0.1, -0.05) is 0 Å². The van der Waals surface area contributed by atoms with Crippen molar-refractivity contribution in [1.29, 1.82) is 0 Å². The smallest absolute Gasteiger partial charge is 0.212 e. The summed E-state index contributed by atoms with van der Waals surface area (Å²) in [5.41, 5.74) is 1.23. The molecule has 0 fully saturated rings. The molecule has 2 nitrogen and oxygen atoms in total. The van der Waals surface area contributed by atoms with Gasteiger partial charge in [-0.3, -0.25) is 4.79 Å². The summed E-state index contributed by atoms with van der Waals surface area (Å²) in [7, 11) is 0. The number of nitrogens with one attached hydrogen (secondary N) is 1. The van der Waals surface area contributed by atoms with Crippen molar-refractivity contribution in [1.82, 2.24) is 0 Å². The number of rotatable bonds is 2. The molecular weight excluding hydrogens is 146 g/mol. The Bertz CT molecular complexity index is 222. The minimum atomic E-state index is 0.699. The van der Waals surface area contributed by atoms with Crippen LogP contribution in [0.5, 0.6) is 0 Å². The van der Waals surface area contributed by atoms with E-state index in [0.29, 0.717) is 6.41 Å². The Labute approximate surface area is 63.9 Å². The fraction of sp³-hybridized carbons (Fsp3) is 0.286. The van der Waals surface area contributed by atoms with Gasteiger partial charge in [-0.25, -0.2) is 0 Å². The van der Waals surface area contributed by atoms with Crippen LogP contribution in [0.3, 0.4) is 0 Å². The molecule has 0 aliphatic rings. The van der Waals surface area contributed by atoms with Crippen molar-refractivity contribution in [2.24, 2.45) is 0 Å². The minimum absolute atomic E-state index is 0.699. The van der Waals surface area contributed by atoms with Crippen LogP contribution < -0.4 is 5.32 Å². The van der Waals surface area contributed by atoms with Crippen molar-refractivity contribution in [2.45, 2.75) is 13.8 Å². The zero-order chi connectivity index (χ0) is 7.56. The number of amides is 1. The third kappa shape index (κ3) is 1.36. The standard InChI is InChI=1S/C7H9NOS/c1-5-3-7(8-4-9)10-6(5)2/h3-4H,1-2H3,(H,8,9). The van der Waals surface area contributed by atoms with Gasteiger partial charge in [0.2, 0.25) is 6.41 Å². The van der Waals surface area contributed by atoms with Gasteiger partial charge in [0.1, 0.15) is 0 Å². The number of hydrogen-bond acceptors (Lipinski definition) is 2. The van der Waals surface area contributed by atoms with E-state index in [2.05, 4.69) is 5.32 Å². The molecule has 0 atom stereocenters. The Morgan fingerprint density at radius 3 is 2.70 bits per heavy atom. The Kier molecular flexibility index (Phi) is 2.06. The molecule has 0 saturated carbocycles. The molecular formula is C7H9NOS. The predicted octanol–water partition coefficient (Wildman–Crippen LogP) is 1.93. The van der Waals surface area contributed by atoms with Crippen LogP contribution in [-0.2, 0) is 4.79 Å². The maximum absolute atomic E-state index is 9.99. The highest BCUT2D eigenvalue weighted by atomic mass is 32.1. The molecule has 1 aromatic heterocycles. The van der Waals surface area contributed by atoms with E-state index >= 15 is 0 Å². The fourth-order valence-corrected chi connectivity index (χ4v) is 1.59. The maximum Gasteiger partial charge on any atom is 0.212 e. The van der Waals surface area contributed by atoms with Crippen molar-refractivity contribution in [3.05, 3.63) is 16.5 Å². The molecule has 0 bridgehead atoms. The van der Waals surface area contributed by atoms with Crippen LogP contribution in [0.15, 0.2) is 6.07 Å². The highest BCUT2D eigenvalue weighted by Gasteiger charge is 1.98. The zero-order valence-electron chi connectivity index (χ0n) is 5.97. The minimum Gasteiger partial charge on any atom is -0.320 e. The number of anilines is 1. The first-order valence-electron chi connectivity index (χ1n) is 3.01. The fourth-order valence-electron chi connectivity index (χ4n) is 0.702. The molecule has 0 radical (unpaired) electrons. The average molecular weight is 155 g/mol. The summed E-state index contributed by atoms with van der Waals surface area (Å²) in [6.07, 6.45) is 0.699. The quantitative estimate of drug-likeness (QED) is 0.650. The lowest BCUT2D eigenvalue weighted by Gasteiger charge is -1.85. The molecule has 1 aromatic rings. The maximum atomic E-state index is 9.99. The van der Waals surface area contributed by atoms with Gasteiger partial charge in [0.25, 0.3) is 0 Å². The monoisotopic (exact) mass is 155 g/mol. The van der Waals surface area contributed by atoms with Crippen LogP contribution in [0.25, 0.3) is 0 Å². The summed E-state index contributed by atoms with van der Waals surface area (Å²) in [4.78, 5) is 11.2. The summed E-state index contributed by atoms with van der Waals surface area (Å²) >= 11 is 1.60. The van der Waals surface area contributed by atoms with Gasteiger partial charge < -0.3 is 5.32 Å². The second kappa shape index (κ2) is 2.84. The molecule has 1 amide bonds. The second-order valence-corrected chi connectivity index (χ2v) is 3.37. The lowest BCUT2D eigenvalue weighted by Crippen LogP contribution is -1.88. The van der Waals surface area contributed by atoms with Gasteiger partial charge in [-0.15, -0.1) is 11.3 Å². The van der Waals surface area contributed by atoms with E-state index in [1.54, 1.807) is 11.3 Å². The lowest BCUT2D eigenvalue weighted by atomic mass is 10.3. The number of carbonyl (C=O) groups excluding carboxylic acids is 1. The molecule has 1 rings (SSSR count). The summed E-state index contributed by atoms with van der Waals surface area (Å²) in [6, 6.07) is 1.97. The van der Waals surface area contributed by atoms with Crippen LogP contribution in [0.2, 0.25) is 0 Å². The number of carbonyl (C=O) groups is 1. The number of hydrogen-bond donors (Lipinski definition) is 1. The third-order valence-corrected chi connectivity index (χ3v) is 2.45. The number of aryl methyl sites for hydroxylation is 2. The zero-order valence-corrected chi connectivity index (χ0v) is 6.79. The summed E-state index contributed by atoms with van der Waals surface area (Å²) in [5, 5.41) is 3.53. The predicted molar refractivity (Wildman–Crippen MR) is 43.5 cm³/mol. The lowest BCUT2D eigenvalue weighted by molar-refractivity contribution is -0.105. The van der Waals surface area contributed by atoms with Gasteiger partial charge in [-0.05, 0) is 25.5 Å². The number of thiophene rings is 1. The van der Waals surface area contributed by atoms with E-state index in [-0.39, 0.29) is 0 Å². The van der Waals surface area contributed by atoms with E-state index in [4.69, 9.17) is 0 Å². The van der Waals surface area contributed by atoms with Crippen molar-refractivity contribution in [3.8, 4) is 0 Å².